The number of hydrogen-bond acceptors (Lipinski definition) is 4. The van der Waals surface area contributed by atoms with Crippen molar-refractivity contribution in [2.24, 2.45) is 5.41 Å². The van der Waals surface area contributed by atoms with Crippen LogP contribution in [-0.4, -0.2) is 46.9 Å². The number of carbonyl (C=O) groups is 1. The lowest BCUT2D eigenvalue weighted by Gasteiger charge is -2.39. The van der Waals surface area contributed by atoms with Crippen molar-refractivity contribution in [1.82, 2.24) is 14.8 Å². The molecule has 2 saturated heterocycles. The Hall–Kier alpha value is -2.40. The standard InChI is InChI=1S/C23H30N4O/c24-22-20(9-4-12-25-22)17-26-14-10-23(11-15-26)16-21(28)27(18-23)13-5-8-19-6-2-1-3-7-19/h1-4,6-7,9,12H,5,8,10-11,13-18H2,(H2,24,25). The molecule has 3 heterocycles. The molecule has 0 bridgehead atoms. The largest absolute Gasteiger partial charge is 0.383 e. The van der Waals surface area contributed by atoms with Crippen LogP contribution >= 0.6 is 0 Å². The van der Waals surface area contributed by atoms with Crippen LogP contribution < -0.4 is 5.73 Å². The number of aromatic nitrogens is 1. The summed E-state index contributed by atoms with van der Waals surface area (Å²) in [6.45, 7) is 4.72. The lowest BCUT2D eigenvalue weighted by Crippen LogP contribution is -2.41. The van der Waals surface area contributed by atoms with E-state index in [0.717, 1.165) is 70.4 Å². The van der Waals surface area contributed by atoms with Crippen LogP contribution in [-0.2, 0) is 17.8 Å². The molecule has 5 nitrogen and oxygen atoms in total. The Morgan fingerprint density at radius 1 is 1.07 bits per heavy atom. The molecule has 0 radical (unpaired) electrons. The molecule has 4 rings (SSSR count). The molecule has 0 atom stereocenters. The monoisotopic (exact) mass is 378 g/mol. The third-order valence-corrected chi connectivity index (χ3v) is 6.38. The molecule has 28 heavy (non-hydrogen) atoms. The average Bonchev–Trinajstić information content (AvgIpc) is 3.01. The Labute approximate surface area is 167 Å². The SMILES string of the molecule is Nc1ncccc1CN1CCC2(CC1)CC(=O)N(CCCc1ccccc1)C2. The first-order valence-corrected chi connectivity index (χ1v) is 10.4. The molecule has 5 heteroatoms. The average molecular weight is 379 g/mol. The van der Waals surface area contributed by atoms with E-state index in [1.54, 1.807) is 6.20 Å². The minimum absolute atomic E-state index is 0.181. The van der Waals surface area contributed by atoms with E-state index < -0.39 is 0 Å². The summed E-state index contributed by atoms with van der Waals surface area (Å²) in [5.41, 5.74) is 8.62. The summed E-state index contributed by atoms with van der Waals surface area (Å²) in [5.74, 6) is 0.974. The Kier molecular flexibility index (Phi) is 5.62. The van der Waals surface area contributed by atoms with Gasteiger partial charge >= 0.3 is 0 Å². The number of nitrogens with zero attached hydrogens (tertiary/aromatic N) is 3. The fourth-order valence-corrected chi connectivity index (χ4v) is 4.65. The van der Waals surface area contributed by atoms with Crippen molar-refractivity contribution in [3.8, 4) is 0 Å². The van der Waals surface area contributed by atoms with Crippen molar-refractivity contribution < 1.29 is 4.79 Å². The maximum atomic E-state index is 12.6. The van der Waals surface area contributed by atoms with Crippen molar-refractivity contribution in [3.63, 3.8) is 0 Å². The van der Waals surface area contributed by atoms with Crippen molar-refractivity contribution >= 4 is 11.7 Å². The third-order valence-electron chi connectivity index (χ3n) is 6.38. The highest BCUT2D eigenvalue weighted by atomic mass is 16.2. The van der Waals surface area contributed by atoms with Crippen molar-refractivity contribution in [2.75, 3.05) is 31.9 Å². The van der Waals surface area contributed by atoms with Gasteiger partial charge in [0, 0.05) is 37.8 Å². The number of nitrogen functional groups attached to an aromatic ring is 1. The normalized spacial score (nSPS) is 19.4. The van der Waals surface area contributed by atoms with E-state index in [0.29, 0.717) is 11.7 Å². The summed E-state index contributed by atoms with van der Waals surface area (Å²) < 4.78 is 0. The van der Waals surface area contributed by atoms with Gasteiger partial charge in [-0.05, 0) is 55.8 Å². The second-order valence-corrected chi connectivity index (χ2v) is 8.41. The Morgan fingerprint density at radius 3 is 2.61 bits per heavy atom. The van der Waals surface area contributed by atoms with Gasteiger partial charge in [-0.1, -0.05) is 36.4 Å². The zero-order valence-corrected chi connectivity index (χ0v) is 16.5. The lowest BCUT2D eigenvalue weighted by molar-refractivity contribution is -0.127. The van der Waals surface area contributed by atoms with E-state index in [9.17, 15) is 4.79 Å². The van der Waals surface area contributed by atoms with Crippen LogP contribution in [0.3, 0.4) is 0 Å². The highest BCUT2D eigenvalue weighted by Gasteiger charge is 2.44. The number of aryl methyl sites for hydroxylation is 1. The number of hydrogen-bond donors (Lipinski definition) is 1. The number of carbonyl (C=O) groups excluding carboxylic acids is 1. The van der Waals surface area contributed by atoms with Crippen LogP contribution in [0.1, 0.15) is 36.8 Å². The Bertz CT molecular complexity index is 799. The van der Waals surface area contributed by atoms with Crippen molar-refractivity contribution in [2.45, 2.75) is 38.6 Å². The topological polar surface area (TPSA) is 62.5 Å². The van der Waals surface area contributed by atoms with Crippen LogP contribution in [0, 0.1) is 5.41 Å². The fraction of sp³-hybridized carbons (Fsp3) is 0.478. The molecule has 0 aliphatic carbocycles. The van der Waals surface area contributed by atoms with E-state index in [1.165, 1.54) is 5.56 Å². The molecule has 2 N–H and O–H groups in total. The molecular formula is C23H30N4O. The minimum atomic E-state index is 0.181. The number of rotatable bonds is 6. The van der Waals surface area contributed by atoms with Gasteiger partial charge in [0.1, 0.15) is 5.82 Å². The van der Waals surface area contributed by atoms with Crippen LogP contribution in [0.2, 0.25) is 0 Å². The molecule has 2 fully saturated rings. The fourth-order valence-electron chi connectivity index (χ4n) is 4.65. The molecule has 2 aromatic rings. The van der Waals surface area contributed by atoms with E-state index in [-0.39, 0.29) is 5.41 Å². The zero-order chi connectivity index (χ0) is 19.4. The van der Waals surface area contributed by atoms with Crippen LogP contribution in [0.5, 0.6) is 0 Å². The zero-order valence-electron chi connectivity index (χ0n) is 16.5. The van der Waals surface area contributed by atoms with Crippen LogP contribution in [0.25, 0.3) is 0 Å². The number of benzene rings is 1. The summed E-state index contributed by atoms with van der Waals surface area (Å²) in [5, 5.41) is 0. The highest BCUT2D eigenvalue weighted by Crippen LogP contribution is 2.41. The molecule has 1 aromatic heterocycles. The Balaban J connectivity index is 1.26. The summed E-state index contributed by atoms with van der Waals surface area (Å²) in [4.78, 5) is 21.3. The van der Waals surface area contributed by atoms with Gasteiger partial charge in [0.2, 0.25) is 5.91 Å². The molecule has 2 aliphatic rings. The first-order chi connectivity index (χ1) is 13.6. The first kappa shape index (κ1) is 18.9. The molecule has 1 spiro atoms. The van der Waals surface area contributed by atoms with Crippen molar-refractivity contribution in [3.05, 3.63) is 59.8 Å². The van der Waals surface area contributed by atoms with Gasteiger partial charge in [-0.25, -0.2) is 4.98 Å². The van der Waals surface area contributed by atoms with E-state index >= 15 is 0 Å². The van der Waals surface area contributed by atoms with Crippen molar-refractivity contribution in [1.29, 1.82) is 0 Å². The van der Waals surface area contributed by atoms with Gasteiger partial charge < -0.3 is 10.6 Å². The Morgan fingerprint density at radius 2 is 1.86 bits per heavy atom. The van der Waals surface area contributed by atoms with Gasteiger partial charge in [-0.2, -0.15) is 0 Å². The number of likely N-dealkylation sites (tertiary alicyclic amines) is 2. The van der Waals surface area contributed by atoms with E-state index in [1.807, 2.05) is 12.1 Å². The molecule has 2 aliphatic heterocycles. The van der Waals surface area contributed by atoms with Crippen LogP contribution in [0.4, 0.5) is 5.82 Å². The summed E-state index contributed by atoms with van der Waals surface area (Å²) in [7, 11) is 0. The second kappa shape index (κ2) is 8.31. The number of amides is 1. The second-order valence-electron chi connectivity index (χ2n) is 8.41. The molecule has 0 unspecified atom stereocenters. The minimum Gasteiger partial charge on any atom is -0.383 e. The predicted octanol–water partition coefficient (Wildman–Crippen LogP) is 3.11. The quantitative estimate of drug-likeness (QED) is 0.839. The first-order valence-electron chi connectivity index (χ1n) is 10.4. The summed E-state index contributed by atoms with van der Waals surface area (Å²) in [6, 6.07) is 14.5. The molecule has 1 aromatic carbocycles. The van der Waals surface area contributed by atoms with Gasteiger partial charge in [0.05, 0.1) is 0 Å². The predicted molar refractivity (Wildman–Crippen MR) is 112 cm³/mol. The molecule has 0 saturated carbocycles. The van der Waals surface area contributed by atoms with Gasteiger partial charge in [0.15, 0.2) is 0 Å². The third kappa shape index (κ3) is 4.36. The van der Waals surface area contributed by atoms with Gasteiger partial charge in [-0.15, -0.1) is 0 Å². The summed E-state index contributed by atoms with van der Waals surface area (Å²) in [6.07, 6.45) is 6.72. The molecule has 1 amide bonds. The van der Waals surface area contributed by atoms with Crippen LogP contribution in [0.15, 0.2) is 48.7 Å². The number of anilines is 1. The summed E-state index contributed by atoms with van der Waals surface area (Å²) >= 11 is 0. The van der Waals surface area contributed by atoms with E-state index in [2.05, 4.69) is 45.1 Å². The van der Waals surface area contributed by atoms with Gasteiger partial charge in [-0.3, -0.25) is 9.69 Å². The highest BCUT2D eigenvalue weighted by molar-refractivity contribution is 5.79. The molecular weight excluding hydrogens is 348 g/mol. The number of pyridine rings is 1. The smallest absolute Gasteiger partial charge is 0.223 e. The maximum absolute atomic E-state index is 12.6. The number of piperidine rings is 1. The number of nitrogens with two attached hydrogens (primary N) is 1. The van der Waals surface area contributed by atoms with E-state index in [4.69, 9.17) is 5.73 Å². The van der Waals surface area contributed by atoms with Gasteiger partial charge in [0.25, 0.3) is 0 Å². The molecule has 148 valence electrons. The maximum Gasteiger partial charge on any atom is 0.223 e. The lowest BCUT2D eigenvalue weighted by atomic mass is 9.77.